The molecule has 24 heavy (non-hydrogen) atoms. The molecule has 0 spiro atoms. The van der Waals surface area contributed by atoms with Gasteiger partial charge in [0.05, 0.1) is 0 Å². The average Bonchev–Trinajstić information content (AvgIpc) is 2.75. The summed E-state index contributed by atoms with van der Waals surface area (Å²) in [6.07, 6.45) is 18.5. The van der Waals surface area contributed by atoms with Gasteiger partial charge in [-0.05, 0) is 90.8 Å². The van der Waals surface area contributed by atoms with E-state index in [0.717, 1.165) is 12.8 Å². The third-order valence-electron chi connectivity index (χ3n) is 5.42. The van der Waals surface area contributed by atoms with Gasteiger partial charge in [-0.25, -0.2) is 0 Å². The quantitative estimate of drug-likeness (QED) is 0.372. The van der Waals surface area contributed by atoms with Gasteiger partial charge in [0.25, 0.3) is 0 Å². The molecule has 2 aliphatic rings. The molecule has 0 radical (unpaired) electrons. The summed E-state index contributed by atoms with van der Waals surface area (Å²) >= 11 is 2.42. The highest BCUT2D eigenvalue weighted by molar-refractivity contribution is 14.1. The lowest BCUT2D eigenvalue weighted by Gasteiger charge is -2.25. The molecule has 0 aliphatic heterocycles. The Morgan fingerprint density at radius 1 is 1.33 bits per heavy atom. The van der Waals surface area contributed by atoms with Crippen molar-refractivity contribution >= 4 is 22.6 Å². The lowest BCUT2D eigenvalue weighted by Crippen LogP contribution is -2.13. The fraction of sp³-hybridized carbons (Fsp3) is 0.478. The summed E-state index contributed by atoms with van der Waals surface area (Å²) in [6, 6.07) is 0. The fourth-order valence-electron chi connectivity index (χ4n) is 4.06. The van der Waals surface area contributed by atoms with Gasteiger partial charge in [-0.15, -0.1) is 0 Å². The first kappa shape index (κ1) is 19.5. The van der Waals surface area contributed by atoms with Crippen molar-refractivity contribution in [1.29, 1.82) is 0 Å². The summed E-state index contributed by atoms with van der Waals surface area (Å²) in [5.74, 6) is 0. The number of rotatable bonds is 6. The Kier molecular flexibility index (Phi) is 6.91. The number of allylic oxidation sites excluding steroid dienone is 11. The van der Waals surface area contributed by atoms with Crippen LogP contribution in [0.1, 0.15) is 66.2 Å². The molecule has 0 saturated carbocycles. The summed E-state index contributed by atoms with van der Waals surface area (Å²) in [5, 5.41) is 0. The maximum absolute atomic E-state index is 4.48. The summed E-state index contributed by atoms with van der Waals surface area (Å²) in [6.45, 7) is 13.6. The van der Waals surface area contributed by atoms with Crippen LogP contribution in [0, 0.1) is 5.41 Å². The molecular weight excluding hydrogens is 403 g/mol. The van der Waals surface area contributed by atoms with Crippen LogP contribution in [0.25, 0.3) is 0 Å². The first-order valence-corrected chi connectivity index (χ1v) is 10.3. The van der Waals surface area contributed by atoms with Gasteiger partial charge in [0.1, 0.15) is 0 Å². The van der Waals surface area contributed by atoms with Crippen LogP contribution in [0.2, 0.25) is 0 Å². The average molecular weight is 434 g/mol. The zero-order valence-electron chi connectivity index (χ0n) is 15.7. The summed E-state index contributed by atoms with van der Waals surface area (Å²) in [5.41, 5.74) is 7.55. The van der Waals surface area contributed by atoms with E-state index < -0.39 is 0 Å². The van der Waals surface area contributed by atoms with E-state index in [9.17, 15) is 0 Å². The van der Waals surface area contributed by atoms with Crippen LogP contribution in [-0.2, 0) is 0 Å². The fourth-order valence-corrected chi connectivity index (χ4v) is 4.37. The second-order valence-corrected chi connectivity index (χ2v) is 8.54. The van der Waals surface area contributed by atoms with E-state index in [-0.39, 0.29) is 5.41 Å². The van der Waals surface area contributed by atoms with Crippen molar-refractivity contribution in [3.05, 3.63) is 68.4 Å². The lowest BCUT2D eigenvalue weighted by atomic mass is 9.79. The van der Waals surface area contributed by atoms with Gasteiger partial charge in [-0.2, -0.15) is 0 Å². The van der Waals surface area contributed by atoms with Crippen LogP contribution >= 0.6 is 22.6 Å². The third kappa shape index (κ3) is 4.22. The molecule has 0 unspecified atom stereocenters. The molecule has 0 heterocycles. The van der Waals surface area contributed by atoms with E-state index in [1.54, 1.807) is 11.1 Å². The van der Waals surface area contributed by atoms with Gasteiger partial charge >= 0.3 is 0 Å². The second kappa shape index (κ2) is 8.51. The van der Waals surface area contributed by atoms with Crippen LogP contribution in [0.3, 0.4) is 0 Å². The van der Waals surface area contributed by atoms with Crippen molar-refractivity contribution in [1.82, 2.24) is 0 Å². The Hall–Kier alpha value is -0.830. The van der Waals surface area contributed by atoms with Gasteiger partial charge in [0.15, 0.2) is 0 Å². The van der Waals surface area contributed by atoms with Crippen LogP contribution < -0.4 is 0 Å². The van der Waals surface area contributed by atoms with Gasteiger partial charge in [0.2, 0.25) is 0 Å². The summed E-state index contributed by atoms with van der Waals surface area (Å²) in [4.78, 5) is 0. The van der Waals surface area contributed by atoms with Crippen molar-refractivity contribution in [2.24, 2.45) is 5.41 Å². The Morgan fingerprint density at radius 3 is 2.67 bits per heavy atom. The first-order valence-electron chi connectivity index (χ1n) is 9.22. The van der Waals surface area contributed by atoms with Gasteiger partial charge in [-0.3, -0.25) is 0 Å². The van der Waals surface area contributed by atoms with Crippen LogP contribution in [-0.4, -0.2) is 0 Å². The molecule has 130 valence electrons. The molecule has 0 aromatic carbocycles. The third-order valence-corrected chi connectivity index (χ3v) is 6.35. The number of hydrogen-bond donors (Lipinski definition) is 0. The minimum Gasteiger partial charge on any atom is -0.0912 e. The first-order chi connectivity index (χ1) is 11.4. The maximum atomic E-state index is 4.48. The van der Waals surface area contributed by atoms with Crippen LogP contribution in [0.4, 0.5) is 0 Å². The van der Waals surface area contributed by atoms with E-state index >= 15 is 0 Å². The second-order valence-electron chi connectivity index (χ2n) is 7.29. The van der Waals surface area contributed by atoms with E-state index in [1.807, 2.05) is 0 Å². The molecule has 0 N–H and O–H groups in total. The molecule has 2 aliphatic carbocycles. The monoisotopic (exact) mass is 434 g/mol. The van der Waals surface area contributed by atoms with Gasteiger partial charge in [0, 0.05) is 8.99 Å². The highest BCUT2D eigenvalue weighted by atomic mass is 127. The van der Waals surface area contributed by atoms with E-state index in [1.165, 1.54) is 46.0 Å². The summed E-state index contributed by atoms with van der Waals surface area (Å²) in [7, 11) is 0. The van der Waals surface area contributed by atoms with Crippen molar-refractivity contribution < 1.29 is 0 Å². The van der Waals surface area contributed by atoms with Crippen molar-refractivity contribution in [3.63, 3.8) is 0 Å². The smallest absolute Gasteiger partial charge is 0.0117 e. The molecule has 0 amide bonds. The Balaban J connectivity index is 2.17. The Morgan fingerprint density at radius 2 is 2.08 bits per heavy atom. The zero-order chi connectivity index (χ0) is 17.7. The van der Waals surface area contributed by atoms with Crippen molar-refractivity contribution in [2.75, 3.05) is 0 Å². The predicted octanol–water partition coefficient (Wildman–Crippen LogP) is 8.00. The minimum atomic E-state index is 0.118. The molecule has 0 aromatic rings. The Bertz CT molecular complexity index is 648. The topological polar surface area (TPSA) is 0 Å². The van der Waals surface area contributed by atoms with Crippen molar-refractivity contribution in [3.8, 4) is 0 Å². The molecule has 2 rings (SSSR count). The molecule has 1 heteroatoms. The maximum Gasteiger partial charge on any atom is 0.0117 e. The molecular formula is C23H31I. The molecule has 0 atom stereocenters. The number of hydrogen-bond acceptors (Lipinski definition) is 0. The number of halogens is 1. The lowest BCUT2D eigenvalue weighted by molar-refractivity contribution is 0.544. The highest BCUT2D eigenvalue weighted by Crippen LogP contribution is 2.52. The van der Waals surface area contributed by atoms with Gasteiger partial charge < -0.3 is 0 Å². The van der Waals surface area contributed by atoms with Crippen LogP contribution in [0.5, 0.6) is 0 Å². The zero-order valence-corrected chi connectivity index (χ0v) is 17.9. The van der Waals surface area contributed by atoms with Crippen molar-refractivity contribution in [2.45, 2.75) is 66.2 Å². The standard InChI is InChI=1S/C23H31I/c1-6-19(24)16-22-17(3)20(21(7-2)23(22,4)5)15-11-14-18-12-9-8-10-13-18/h6,8-9,12,16H,3,7,10-11,13-15H2,1-2,4-5H3/b19-6+,22-16+. The molecule has 0 saturated heterocycles. The largest absolute Gasteiger partial charge is 0.0912 e. The normalized spacial score (nSPS) is 22.5. The van der Waals surface area contributed by atoms with E-state index in [2.05, 4.69) is 87.2 Å². The molecule has 0 nitrogen and oxygen atoms in total. The Labute approximate surface area is 162 Å². The molecule has 0 fully saturated rings. The summed E-state index contributed by atoms with van der Waals surface area (Å²) < 4.78 is 1.30. The molecule has 0 aromatic heterocycles. The van der Waals surface area contributed by atoms with Crippen LogP contribution in [0.15, 0.2) is 68.4 Å². The van der Waals surface area contributed by atoms with E-state index in [4.69, 9.17) is 0 Å². The minimum absolute atomic E-state index is 0.118. The van der Waals surface area contributed by atoms with Gasteiger partial charge in [-0.1, -0.05) is 62.8 Å². The SMILES string of the molecule is C=C1C(CCCC2=CC=CCC2)=C(CC)C(C)(C)/C1=C/C(I)=C\C. The molecule has 0 bridgehead atoms. The van der Waals surface area contributed by atoms with E-state index in [0.29, 0.717) is 0 Å². The predicted molar refractivity (Wildman–Crippen MR) is 116 cm³/mol. The highest BCUT2D eigenvalue weighted by Gasteiger charge is 2.37.